The fourth-order valence-electron chi connectivity index (χ4n) is 1.73. The summed E-state index contributed by atoms with van der Waals surface area (Å²) >= 11 is 0.946. The van der Waals surface area contributed by atoms with Crippen molar-refractivity contribution in [2.24, 2.45) is 0 Å². The maximum absolute atomic E-state index is 12.0. The number of hydrogen-bond donors (Lipinski definition) is 1. The molecular weight excluding hydrogens is 316 g/mol. The Balaban J connectivity index is 1.97. The smallest absolute Gasteiger partial charge is 0.352 e. The predicted octanol–water partition coefficient (Wildman–Crippen LogP) is 2.16. The van der Waals surface area contributed by atoms with Crippen molar-refractivity contribution in [1.29, 1.82) is 5.26 Å². The lowest BCUT2D eigenvalue weighted by Gasteiger charge is -2.13. The number of nitrogens with zero attached hydrogens (tertiary/aromatic N) is 3. The number of aromatic nitrogens is 2. The molecule has 0 aliphatic carbocycles. The van der Waals surface area contributed by atoms with E-state index < -0.39 is 18.0 Å². The highest BCUT2D eigenvalue weighted by atomic mass is 32.1. The first-order chi connectivity index (χ1) is 11.0. The highest BCUT2D eigenvalue weighted by Crippen LogP contribution is 2.15. The normalized spacial score (nSPS) is 11.3. The van der Waals surface area contributed by atoms with E-state index in [4.69, 9.17) is 10.00 Å². The Kier molecular flexibility index (Phi) is 5.38. The number of ether oxygens (including phenoxy) is 1. The Morgan fingerprint density at radius 2 is 2.09 bits per heavy atom. The molecule has 0 saturated heterocycles. The predicted molar refractivity (Wildman–Crippen MR) is 84.0 cm³/mol. The Morgan fingerprint density at radius 1 is 1.39 bits per heavy atom. The van der Waals surface area contributed by atoms with E-state index in [-0.39, 0.29) is 0 Å². The van der Waals surface area contributed by atoms with Crippen molar-refractivity contribution >= 4 is 29.1 Å². The van der Waals surface area contributed by atoms with Crippen molar-refractivity contribution in [1.82, 2.24) is 9.59 Å². The van der Waals surface area contributed by atoms with Crippen LogP contribution in [0.2, 0.25) is 0 Å². The minimum absolute atomic E-state index is 0.311. The van der Waals surface area contributed by atoms with Gasteiger partial charge in [0.05, 0.1) is 17.3 Å². The Bertz CT molecular complexity index is 749. The number of rotatable bonds is 5. The average Bonchev–Trinajstić information content (AvgIpc) is 3.04. The maximum Gasteiger partial charge on any atom is 0.352 e. The third kappa shape index (κ3) is 4.11. The SMILES string of the molecule is CCc1nnsc1C(=O)O[C@@H](C)C(=O)Nc1ccc(C#N)cc1. The highest BCUT2D eigenvalue weighted by Gasteiger charge is 2.22. The van der Waals surface area contributed by atoms with Gasteiger partial charge in [0.15, 0.2) is 11.0 Å². The second-order valence-corrected chi connectivity index (χ2v) is 5.38. The number of hydrogen-bond acceptors (Lipinski definition) is 7. The van der Waals surface area contributed by atoms with E-state index in [0.717, 1.165) is 11.5 Å². The van der Waals surface area contributed by atoms with Gasteiger partial charge in [0.25, 0.3) is 5.91 Å². The van der Waals surface area contributed by atoms with Crippen molar-refractivity contribution in [3.63, 3.8) is 0 Å². The van der Waals surface area contributed by atoms with Crippen molar-refractivity contribution in [2.75, 3.05) is 5.32 Å². The van der Waals surface area contributed by atoms with Gasteiger partial charge in [-0.1, -0.05) is 11.4 Å². The second kappa shape index (κ2) is 7.47. The molecule has 1 aromatic carbocycles. The quantitative estimate of drug-likeness (QED) is 0.842. The van der Waals surface area contributed by atoms with Crippen molar-refractivity contribution in [3.05, 3.63) is 40.4 Å². The van der Waals surface area contributed by atoms with Crippen LogP contribution in [0.5, 0.6) is 0 Å². The Hall–Kier alpha value is -2.79. The molecule has 0 aliphatic rings. The van der Waals surface area contributed by atoms with Crippen LogP contribution in [-0.2, 0) is 16.0 Å². The number of carbonyl (C=O) groups is 2. The van der Waals surface area contributed by atoms with Gasteiger partial charge in [0.2, 0.25) is 0 Å². The van der Waals surface area contributed by atoms with E-state index in [1.165, 1.54) is 6.92 Å². The summed E-state index contributed by atoms with van der Waals surface area (Å²) in [4.78, 5) is 24.4. The largest absolute Gasteiger partial charge is 0.448 e. The summed E-state index contributed by atoms with van der Waals surface area (Å²) in [7, 11) is 0. The number of aryl methyl sites for hydroxylation is 1. The lowest BCUT2D eigenvalue weighted by molar-refractivity contribution is -0.123. The number of anilines is 1. The molecule has 118 valence electrons. The summed E-state index contributed by atoms with van der Waals surface area (Å²) in [6, 6.07) is 8.37. The molecule has 0 aliphatic heterocycles. The monoisotopic (exact) mass is 330 g/mol. The fourth-order valence-corrected chi connectivity index (χ4v) is 2.37. The topological polar surface area (TPSA) is 105 Å². The number of esters is 1. The van der Waals surface area contributed by atoms with E-state index in [0.29, 0.717) is 28.2 Å². The van der Waals surface area contributed by atoms with Crippen molar-refractivity contribution in [2.45, 2.75) is 26.4 Å². The molecule has 1 N–H and O–H groups in total. The standard InChI is InChI=1S/C15H14N4O3S/c1-3-12-13(23-19-18-12)15(21)22-9(2)14(20)17-11-6-4-10(8-16)5-7-11/h4-7,9H,3H2,1-2H3,(H,17,20)/t9-/m0/s1. The molecule has 0 unspecified atom stereocenters. The molecule has 0 saturated carbocycles. The van der Waals surface area contributed by atoms with E-state index in [1.54, 1.807) is 24.3 Å². The third-order valence-electron chi connectivity index (χ3n) is 3.01. The minimum atomic E-state index is -0.968. The number of carbonyl (C=O) groups excluding carboxylic acids is 2. The van der Waals surface area contributed by atoms with Gasteiger partial charge in [-0.25, -0.2) is 4.79 Å². The molecule has 0 radical (unpaired) electrons. The summed E-state index contributed by atoms with van der Waals surface area (Å²) in [6.07, 6.45) is -0.405. The molecule has 7 nitrogen and oxygen atoms in total. The van der Waals surface area contributed by atoms with Gasteiger partial charge in [0, 0.05) is 5.69 Å². The molecule has 0 bridgehead atoms. The highest BCUT2D eigenvalue weighted by molar-refractivity contribution is 7.07. The molecule has 0 fully saturated rings. The number of nitriles is 1. The molecular formula is C15H14N4O3S. The first-order valence-electron chi connectivity index (χ1n) is 6.88. The molecule has 2 rings (SSSR count). The van der Waals surface area contributed by atoms with Crippen LogP contribution in [0.4, 0.5) is 5.69 Å². The average molecular weight is 330 g/mol. The van der Waals surface area contributed by atoms with E-state index in [9.17, 15) is 9.59 Å². The Labute approximate surface area is 137 Å². The third-order valence-corrected chi connectivity index (χ3v) is 3.76. The molecule has 1 amide bonds. The molecule has 1 atom stereocenters. The van der Waals surface area contributed by atoms with Crippen LogP contribution >= 0.6 is 11.5 Å². The first kappa shape index (κ1) is 16.6. The lowest BCUT2D eigenvalue weighted by atomic mass is 10.2. The van der Waals surface area contributed by atoms with E-state index >= 15 is 0 Å². The summed E-state index contributed by atoms with van der Waals surface area (Å²) in [5, 5.41) is 15.2. The van der Waals surface area contributed by atoms with Crippen molar-refractivity contribution in [3.8, 4) is 6.07 Å². The van der Waals surface area contributed by atoms with Crippen LogP contribution in [0.3, 0.4) is 0 Å². The fraction of sp³-hybridized carbons (Fsp3) is 0.267. The van der Waals surface area contributed by atoms with Crippen LogP contribution in [0.15, 0.2) is 24.3 Å². The summed E-state index contributed by atoms with van der Waals surface area (Å²) < 4.78 is 8.86. The number of amides is 1. The van der Waals surface area contributed by atoms with Gasteiger partial charge < -0.3 is 10.1 Å². The van der Waals surface area contributed by atoms with Gasteiger partial charge >= 0.3 is 5.97 Å². The van der Waals surface area contributed by atoms with Gasteiger partial charge in [0.1, 0.15) is 0 Å². The molecule has 23 heavy (non-hydrogen) atoms. The zero-order valence-electron chi connectivity index (χ0n) is 12.6. The van der Waals surface area contributed by atoms with Gasteiger partial charge in [-0.3, -0.25) is 4.79 Å². The van der Waals surface area contributed by atoms with Gasteiger partial charge in [-0.05, 0) is 49.1 Å². The zero-order valence-corrected chi connectivity index (χ0v) is 13.4. The molecule has 8 heteroatoms. The van der Waals surface area contributed by atoms with Crippen molar-refractivity contribution < 1.29 is 14.3 Å². The van der Waals surface area contributed by atoms with E-state index in [2.05, 4.69) is 14.9 Å². The second-order valence-electron chi connectivity index (χ2n) is 4.63. The minimum Gasteiger partial charge on any atom is -0.448 e. The van der Waals surface area contributed by atoms with Crippen LogP contribution in [-0.4, -0.2) is 27.6 Å². The maximum atomic E-state index is 12.0. The molecule has 2 aromatic rings. The lowest BCUT2D eigenvalue weighted by Crippen LogP contribution is -2.30. The summed E-state index contributed by atoms with van der Waals surface area (Å²) in [6.45, 7) is 3.34. The molecule has 0 spiro atoms. The summed E-state index contributed by atoms with van der Waals surface area (Å²) in [5.41, 5.74) is 1.57. The van der Waals surface area contributed by atoms with Gasteiger partial charge in [-0.2, -0.15) is 5.26 Å². The molecule has 1 heterocycles. The summed E-state index contributed by atoms with van der Waals surface area (Å²) in [5.74, 6) is -1.07. The van der Waals surface area contributed by atoms with Crippen LogP contribution in [0, 0.1) is 11.3 Å². The Morgan fingerprint density at radius 3 is 2.70 bits per heavy atom. The first-order valence-corrected chi connectivity index (χ1v) is 7.65. The number of nitrogens with one attached hydrogen (secondary N) is 1. The van der Waals surface area contributed by atoms with E-state index in [1.807, 2.05) is 13.0 Å². The van der Waals surface area contributed by atoms with Crippen LogP contribution in [0.1, 0.15) is 34.8 Å². The van der Waals surface area contributed by atoms with Crippen LogP contribution < -0.4 is 5.32 Å². The van der Waals surface area contributed by atoms with Gasteiger partial charge in [-0.15, -0.1) is 5.10 Å². The number of benzene rings is 1. The zero-order chi connectivity index (χ0) is 16.8. The van der Waals surface area contributed by atoms with Crippen LogP contribution in [0.25, 0.3) is 0 Å². The molecule has 1 aromatic heterocycles.